The fourth-order valence-corrected chi connectivity index (χ4v) is 2.47. The van der Waals surface area contributed by atoms with E-state index >= 15 is 0 Å². The minimum Gasteiger partial charge on any atom is -0.380 e. The summed E-state index contributed by atoms with van der Waals surface area (Å²) in [7, 11) is -1.88. The van der Waals surface area contributed by atoms with Gasteiger partial charge in [-0.25, -0.2) is 13.1 Å². The highest BCUT2D eigenvalue weighted by molar-refractivity contribution is 7.89. The third kappa shape index (κ3) is 3.80. The minimum absolute atomic E-state index is 0.142. The van der Waals surface area contributed by atoms with E-state index in [1.54, 1.807) is 19.2 Å². The second kappa shape index (κ2) is 5.62. The molecule has 0 spiro atoms. The average Bonchev–Trinajstić information content (AvgIpc) is 2.29. The number of hydrogen-bond donors (Lipinski definition) is 1. The van der Waals surface area contributed by atoms with Crippen LogP contribution in [0, 0.1) is 13.8 Å². The molecule has 1 aromatic carbocycles. The average molecular weight is 257 g/mol. The van der Waals surface area contributed by atoms with Crippen LogP contribution in [0.1, 0.15) is 18.1 Å². The normalized spacial score (nSPS) is 13.6. The quantitative estimate of drug-likeness (QED) is 0.872. The molecule has 0 radical (unpaired) electrons. The summed E-state index contributed by atoms with van der Waals surface area (Å²) in [5.41, 5.74) is 2.04. The predicted molar refractivity (Wildman–Crippen MR) is 67.6 cm³/mol. The number of sulfonamides is 1. The van der Waals surface area contributed by atoms with Gasteiger partial charge in [0.05, 0.1) is 11.0 Å². The smallest absolute Gasteiger partial charge is 0.240 e. The van der Waals surface area contributed by atoms with Crippen LogP contribution >= 0.6 is 0 Å². The number of methoxy groups -OCH3 is 1. The van der Waals surface area contributed by atoms with Gasteiger partial charge in [0.2, 0.25) is 10.0 Å². The van der Waals surface area contributed by atoms with Crippen molar-refractivity contribution in [1.82, 2.24) is 4.72 Å². The van der Waals surface area contributed by atoms with Crippen LogP contribution in [-0.2, 0) is 14.8 Å². The Hall–Kier alpha value is -0.910. The molecular formula is C12H19NO3S. The lowest BCUT2D eigenvalue weighted by Gasteiger charge is -2.12. The molecule has 0 saturated carbocycles. The van der Waals surface area contributed by atoms with Crippen LogP contribution in [0.3, 0.4) is 0 Å². The Morgan fingerprint density at radius 2 is 1.94 bits per heavy atom. The summed E-state index contributed by atoms with van der Waals surface area (Å²) in [6, 6.07) is 5.10. The van der Waals surface area contributed by atoms with Gasteiger partial charge >= 0.3 is 0 Å². The Kier molecular flexibility index (Phi) is 4.68. The van der Waals surface area contributed by atoms with E-state index in [4.69, 9.17) is 4.74 Å². The van der Waals surface area contributed by atoms with E-state index in [0.717, 1.165) is 11.1 Å². The van der Waals surface area contributed by atoms with E-state index in [0.29, 0.717) is 4.90 Å². The van der Waals surface area contributed by atoms with Gasteiger partial charge in [0, 0.05) is 13.7 Å². The number of aryl methyl sites for hydroxylation is 2. The summed E-state index contributed by atoms with van der Waals surface area (Å²) >= 11 is 0. The first kappa shape index (κ1) is 14.2. The van der Waals surface area contributed by atoms with E-state index in [1.807, 2.05) is 26.8 Å². The molecule has 0 fully saturated rings. The fourth-order valence-electron chi connectivity index (χ4n) is 1.27. The molecule has 0 amide bonds. The Bertz CT molecular complexity index is 483. The summed E-state index contributed by atoms with van der Waals surface area (Å²) < 4.78 is 31.4. The molecule has 1 rings (SSSR count). The lowest BCUT2D eigenvalue weighted by Crippen LogP contribution is -2.31. The van der Waals surface area contributed by atoms with Crippen molar-refractivity contribution in [2.75, 3.05) is 13.7 Å². The zero-order valence-corrected chi connectivity index (χ0v) is 11.5. The second-order valence-corrected chi connectivity index (χ2v) is 5.91. The Labute approximate surface area is 103 Å². The van der Waals surface area contributed by atoms with Crippen molar-refractivity contribution in [2.24, 2.45) is 0 Å². The lowest BCUT2D eigenvalue weighted by molar-refractivity contribution is 0.122. The van der Waals surface area contributed by atoms with Gasteiger partial charge in [-0.2, -0.15) is 0 Å². The zero-order valence-electron chi connectivity index (χ0n) is 10.6. The molecule has 1 unspecified atom stereocenters. The van der Waals surface area contributed by atoms with Crippen molar-refractivity contribution >= 4 is 10.0 Å². The van der Waals surface area contributed by atoms with E-state index in [1.165, 1.54) is 0 Å². The Morgan fingerprint density at radius 3 is 2.47 bits per heavy atom. The van der Waals surface area contributed by atoms with Gasteiger partial charge in [-0.15, -0.1) is 0 Å². The van der Waals surface area contributed by atoms with E-state index in [-0.39, 0.29) is 12.6 Å². The van der Waals surface area contributed by atoms with Crippen LogP contribution in [-0.4, -0.2) is 28.2 Å². The van der Waals surface area contributed by atoms with Gasteiger partial charge in [-0.1, -0.05) is 6.07 Å². The molecule has 96 valence electrons. The summed E-state index contributed by atoms with van der Waals surface area (Å²) in [5.74, 6) is 0. The number of nitrogens with one attached hydrogen (secondary N) is 1. The van der Waals surface area contributed by atoms with Crippen LogP contribution in [0.2, 0.25) is 0 Å². The molecule has 0 aliphatic heterocycles. The maximum Gasteiger partial charge on any atom is 0.240 e. The number of hydrogen-bond acceptors (Lipinski definition) is 3. The topological polar surface area (TPSA) is 55.4 Å². The highest BCUT2D eigenvalue weighted by atomic mass is 32.2. The third-order valence-corrected chi connectivity index (χ3v) is 4.17. The summed E-state index contributed by atoms with van der Waals surface area (Å²) in [6.45, 7) is 5.92. The predicted octanol–water partition coefficient (Wildman–Crippen LogP) is 1.62. The van der Waals surface area contributed by atoms with E-state index < -0.39 is 10.0 Å². The van der Waals surface area contributed by atoms with Crippen LogP contribution < -0.4 is 4.72 Å². The second-order valence-electron chi connectivity index (χ2n) is 4.14. The zero-order chi connectivity index (χ0) is 13.1. The van der Waals surface area contributed by atoms with Crippen molar-refractivity contribution < 1.29 is 13.2 Å². The molecule has 0 bridgehead atoms. The molecule has 0 heterocycles. The number of ether oxygens (including phenoxy) is 1. The molecule has 17 heavy (non-hydrogen) atoms. The lowest BCUT2D eigenvalue weighted by atomic mass is 10.1. The van der Waals surface area contributed by atoms with Crippen molar-refractivity contribution in [3.05, 3.63) is 29.3 Å². The van der Waals surface area contributed by atoms with Crippen molar-refractivity contribution in [2.45, 2.75) is 31.8 Å². The van der Waals surface area contributed by atoms with Gasteiger partial charge in [0.15, 0.2) is 0 Å². The van der Waals surface area contributed by atoms with Gasteiger partial charge in [0.1, 0.15) is 0 Å². The molecule has 1 N–H and O–H groups in total. The van der Waals surface area contributed by atoms with Crippen LogP contribution in [0.4, 0.5) is 0 Å². The molecule has 4 nitrogen and oxygen atoms in total. The first-order valence-electron chi connectivity index (χ1n) is 5.46. The molecule has 0 aliphatic carbocycles. The summed E-state index contributed by atoms with van der Waals surface area (Å²) in [6.07, 6.45) is -0.142. The highest BCUT2D eigenvalue weighted by Crippen LogP contribution is 2.14. The third-order valence-electron chi connectivity index (χ3n) is 2.75. The molecule has 1 aromatic rings. The van der Waals surface area contributed by atoms with Gasteiger partial charge in [-0.3, -0.25) is 0 Å². The largest absolute Gasteiger partial charge is 0.380 e. The fraction of sp³-hybridized carbons (Fsp3) is 0.500. The Morgan fingerprint density at radius 1 is 1.29 bits per heavy atom. The monoisotopic (exact) mass is 257 g/mol. The molecule has 0 aromatic heterocycles. The Balaban J connectivity index is 2.86. The first-order chi connectivity index (χ1) is 7.86. The number of rotatable bonds is 5. The van der Waals surface area contributed by atoms with Gasteiger partial charge in [-0.05, 0) is 44.0 Å². The summed E-state index contributed by atoms with van der Waals surface area (Å²) in [5, 5.41) is 0. The molecule has 0 saturated heterocycles. The van der Waals surface area contributed by atoms with E-state index in [2.05, 4.69) is 4.72 Å². The van der Waals surface area contributed by atoms with Crippen molar-refractivity contribution in [3.8, 4) is 0 Å². The van der Waals surface area contributed by atoms with Crippen molar-refractivity contribution in [1.29, 1.82) is 0 Å². The number of benzene rings is 1. The summed E-state index contributed by atoms with van der Waals surface area (Å²) in [4.78, 5) is 0.295. The SMILES string of the molecule is COC(C)CNS(=O)(=O)c1ccc(C)c(C)c1. The van der Waals surface area contributed by atoms with Crippen LogP contribution in [0.5, 0.6) is 0 Å². The van der Waals surface area contributed by atoms with E-state index in [9.17, 15) is 8.42 Å². The van der Waals surface area contributed by atoms with Crippen LogP contribution in [0.25, 0.3) is 0 Å². The molecular weight excluding hydrogens is 238 g/mol. The molecule has 5 heteroatoms. The van der Waals surface area contributed by atoms with Crippen LogP contribution in [0.15, 0.2) is 23.1 Å². The standard InChI is InChI=1S/C12H19NO3S/c1-9-5-6-12(7-10(9)2)17(14,15)13-8-11(3)16-4/h5-7,11,13H,8H2,1-4H3. The van der Waals surface area contributed by atoms with Gasteiger partial charge in [0.25, 0.3) is 0 Å². The molecule has 1 atom stereocenters. The molecule has 0 aliphatic rings. The first-order valence-corrected chi connectivity index (χ1v) is 6.95. The minimum atomic E-state index is -3.43. The van der Waals surface area contributed by atoms with Crippen molar-refractivity contribution in [3.63, 3.8) is 0 Å². The maximum absolute atomic E-state index is 11.9. The maximum atomic E-state index is 11.9. The highest BCUT2D eigenvalue weighted by Gasteiger charge is 2.15. The van der Waals surface area contributed by atoms with Gasteiger partial charge < -0.3 is 4.74 Å².